The monoisotopic (exact) mass is 243 g/mol. The van der Waals surface area contributed by atoms with Crippen LogP contribution in [0.15, 0.2) is 0 Å². The van der Waals surface area contributed by atoms with Crippen LogP contribution in [-0.2, 0) is 4.74 Å². The number of aliphatic hydroxyl groups excluding tert-OH is 1. The lowest BCUT2D eigenvalue weighted by atomic mass is 9.85. The summed E-state index contributed by atoms with van der Waals surface area (Å²) in [5.74, 6) is 0. The first-order valence-corrected chi connectivity index (χ1v) is 6.94. The molecular weight excluding hydrogens is 214 g/mol. The first kappa shape index (κ1) is 14.9. The van der Waals surface area contributed by atoms with Crippen LogP contribution in [0.2, 0.25) is 0 Å². The molecule has 0 amide bonds. The number of rotatable bonds is 6. The molecule has 1 aliphatic rings. The van der Waals surface area contributed by atoms with Crippen LogP contribution in [0.5, 0.6) is 0 Å². The molecule has 2 atom stereocenters. The topological polar surface area (TPSA) is 41.5 Å². The predicted octanol–water partition coefficient (Wildman–Crippen LogP) is 2.33. The van der Waals surface area contributed by atoms with Gasteiger partial charge in [-0.15, -0.1) is 0 Å². The second kappa shape index (κ2) is 7.34. The third-order valence-corrected chi connectivity index (χ3v) is 3.85. The van der Waals surface area contributed by atoms with Crippen molar-refractivity contribution in [2.45, 2.75) is 64.5 Å². The van der Waals surface area contributed by atoms with Gasteiger partial charge >= 0.3 is 0 Å². The van der Waals surface area contributed by atoms with E-state index in [0.717, 1.165) is 13.0 Å². The van der Waals surface area contributed by atoms with Gasteiger partial charge in [-0.05, 0) is 44.1 Å². The zero-order chi connectivity index (χ0) is 12.7. The van der Waals surface area contributed by atoms with Gasteiger partial charge in [-0.2, -0.15) is 0 Å². The molecule has 0 heterocycles. The molecule has 1 saturated carbocycles. The molecule has 0 saturated heterocycles. The Morgan fingerprint density at radius 3 is 2.82 bits per heavy atom. The van der Waals surface area contributed by atoms with Crippen molar-refractivity contribution in [2.24, 2.45) is 5.41 Å². The van der Waals surface area contributed by atoms with Gasteiger partial charge in [-0.1, -0.05) is 20.3 Å². The van der Waals surface area contributed by atoms with Gasteiger partial charge in [-0.25, -0.2) is 0 Å². The Bertz CT molecular complexity index is 206. The summed E-state index contributed by atoms with van der Waals surface area (Å²) in [6.07, 6.45) is 6.99. The van der Waals surface area contributed by atoms with Crippen LogP contribution in [0, 0.1) is 5.41 Å². The molecule has 0 aromatic heterocycles. The van der Waals surface area contributed by atoms with Crippen LogP contribution in [0.4, 0.5) is 0 Å². The molecule has 1 rings (SSSR count). The van der Waals surface area contributed by atoms with Gasteiger partial charge < -0.3 is 15.2 Å². The fraction of sp³-hybridized carbons (Fsp3) is 1.00. The van der Waals surface area contributed by atoms with Gasteiger partial charge in [0.25, 0.3) is 0 Å². The maximum atomic E-state index is 9.55. The lowest BCUT2D eigenvalue weighted by Gasteiger charge is -2.22. The largest absolute Gasteiger partial charge is 0.391 e. The van der Waals surface area contributed by atoms with E-state index in [-0.39, 0.29) is 6.10 Å². The number of methoxy groups -OCH3 is 1. The summed E-state index contributed by atoms with van der Waals surface area (Å²) in [6.45, 7) is 6.09. The maximum absolute atomic E-state index is 9.55. The van der Waals surface area contributed by atoms with Gasteiger partial charge in [0.15, 0.2) is 0 Å². The van der Waals surface area contributed by atoms with E-state index in [2.05, 4.69) is 19.2 Å². The summed E-state index contributed by atoms with van der Waals surface area (Å²) in [5, 5.41) is 13.1. The number of hydrogen-bond acceptors (Lipinski definition) is 3. The Kier molecular flexibility index (Phi) is 6.45. The van der Waals surface area contributed by atoms with Crippen LogP contribution in [-0.4, -0.2) is 37.5 Å². The van der Waals surface area contributed by atoms with Crippen LogP contribution in [0.25, 0.3) is 0 Å². The molecule has 0 bridgehead atoms. The Balaban J connectivity index is 2.15. The highest BCUT2D eigenvalue weighted by Crippen LogP contribution is 2.33. The van der Waals surface area contributed by atoms with Crippen LogP contribution < -0.4 is 5.32 Å². The fourth-order valence-corrected chi connectivity index (χ4v) is 2.60. The molecule has 2 unspecified atom stereocenters. The third kappa shape index (κ3) is 6.39. The van der Waals surface area contributed by atoms with Gasteiger partial charge in [0, 0.05) is 13.2 Å². The van der Waals surface area contributed by atoms with Gasteiger partial charge in [0.05, 0.1) is 12.7 Å². The number of ether oxygens (including phenoxy) is 1. The second-order valence-corrected chi connectivity index (χ2v) is 6.14. The molecule has 102 valence electrons. The standard InChI is InChI=1S/C14H29NO2/c1-14(2)8-4-5-12(6-9-14)15-10-7-13(16)11-17-3/h12-13,15-16H,4-11H2,1-3H3. The number of nitrogens with one attached hydrogen (secondary N) is 1. The highest BCUT2D eigenvalue weighted by molar-refractivity contribution is 4.79. The SMILES string of the molecule is COCC(O)CCNC1CCCC(C)(C)CC1. The van der Waals surface area contributed by atoms with Crippen molar-refractivity contribution in [1.29, 1.82) is 0 Å². The zero-order valence-corrected chi connectivity index (χ0v) is 11.7. The lowest BCUT2D eigenvalue weighted by molar-refractivity contribution is 0.0588. The van der Waals surface area contributed by atoms with E-state index in [0.29, 0.717) is 18.1 Å². The smallest absolute Gasteiger partial charge is 0.0785 e. The second-order valence-electron chi connectivity index (χ2n) is 6.14. The molecule has 0 aliphatic heterocycles. The summed E-state index contributed by atoms with van der Waals surface area (Å²) in [5.41, 5.74) is 0.520. The van der Waals surface area contributed by atoms with Crippen LogP contribution in [0.1, 0.15) is 52.4 Å². The van der Waals surface area contributed by atoms with Crippen molar-refractivity contribution in [2.75, 3.05) is 20.3 Å². The molecule has 2 N–H and O–H groups in total. The average molecular weight is 243 g/mol. The maximum Gasteiger partial charge on any atom is 0.0785 e. The minimum absolute atomic E-state index is 0.324. The quantitative estimate of drug-likeness (QED) is 0.704. The van der Waals surface area contributed by atoms with Crippen molar-refractivity contribution in [1.82, 2.24) is 5.32 Å². The van der Waals surface area contributed by atoms with E-state index >= 15 is 0 Å². The summed E-state index contributed by atoms with van der Waals surface area (Å²) in [6, 6.07) is 0.645. The van der Waals surface area contributed by atoms with E-state index in [4.69, 9.17) is 4.74 Å². The minimum Gasteiger partial charge on any atom is -0.391 e. The highest BCUT2D eigenvalue weighted by Gasteiger charge is 2.23. The average Bonchev–Trinajstić information content (AvgIpc) is 2.41. The summed E-state index contributed by atoms with van der Waals surface area (Å²) in [4.78, 5) is 0. The number of aliphatic hydroxyl groups is 1. The first-order valence-electron chi connectivity index (χ1n) is 6.94. The summed E-state index contributed by atoms with van der Waals surface area (Å²) < 4.78 is 4.92. The van der Waals surface area contributed by atoms with Crippen LogP contribution >= 0.6 is 0 Å². The molecule has 0 aromatic rings. The van der Waals surface area contributed by atoms with Crippen molar-refractivity contribution in [3.05, 3.63) is 0 Å². The van der Waals surface area contributed by atoms with E-state index in [9.17, 15) is 5.11 Å². The Morgan fingerprint density at radius 2 is 2.12 bits per heavy atom. The molecule has 0 aromatic carbocycles. The van der Waals surface area contributed by atoms with Crippen molar-refractivity contribution in [3.8, 4) is 0 Å². The highest BCUT2D eigenvalue weighted by atomic mass is 16.5. The molecule has 17 heavy (non-hydrogen) atoms. The molecule has 1 fully saturated rings. The molecule has 3 nitrogen and oxygen atoms in total. The van der Waals surface area contributed by atoms with Crippen LogP contribution in [0.3, 0.4) is 0 Å². The third-order valence-electron chi connectivity index (χ3n) is 3.85. The molecule has 3 heteroatoms. The van der Waals surface area contributed by atoms with E-state index < -0.39 is 0 Å². The fourth-order valence-electron chi connectivity index (χ4n) is 2.60. The normalized spacial score (nSPS) is 26.5. The molecule has 0 radical (unpaired) electrons. The summed E-state index contributed by atoms with van der Waals surface area (Å²) >= 11 is 0. The number of hydrogen-bond donors (Lipinski definition) is 2. The Morgan fingerprint density at radius 1 is 1.35 bits per heavy atom. The van der Waals surface area contributed by atoms with E-state index in [1.807, 2.05) is 0 Å². The predicted molar refractivity (Wildman–Crippen MR) is 71.2 cm³/mol. The Hall–Kier alpha value is -0.120. The zero-order valence-electron chi connectivity index (χ0n) is 11.7. The van der Waals surface area contributed by atoms with E-state index in [1.165, 1.54) is 32.1 Å². The van der Waals surface area contributed by atoms with Gasteiger partial charge in [-0.3, -0.25) is 0 Å². The Labute approximate surface area is 106 Å². The van der Waals surface area contributed by atoms with Gasteiger partial charge in [0.2, 0.25) is 0 Å². The van der Waals surface area contributed by atoms with E-state index in [1.54, 1.807) is 7.11 Å². The van der Waals surface area contributed by atoms with Gasteiger partial charge in [0.1, 0.15) is 0 Å². The molecule has 1 aliphatic carbocycles. The first-order chi connectivity index (χ1) is 8.03. The molecular formula is C14H29NO2. The summed E-state index contributed by atoms with van der Waals surface area (Å²) in [7, 11) is 1.63. The molecule has 0 spiro atoms. The van der Waals surface area contributed by atoms with Crippen molar-refractivity contribution in [3.63, 3.8) is 0 Å². The minimum atomic E-state index is -0.324. The van der Waals surface area contributed by atoms with Crippen molar-refractivity contribution >= 4 is 0 Å². The lowest BCUT2D eigenvalue weighted by Crippen LogP contribution is -2.32. The van der Waals surface area contributed by atoms with Crippen molar-refractivity contribution < 1.29 is 9.84 Å².